The van der Waals surface area contributed by atoms with E-state index in [0.717, 1.165) is 5.56 Å². The largest absolute Gasteiger partial charge is 0.508 e. The second kappa shape index (κ2) is 4.65. The van der Waals surface area contributed by atoms with E-state index in [-0.39, 0.29) is 11.7 Å². The van der Waals surface area contributed by atoms with Crippen LogP contribution in [-0.2, 0) is 11.2 Å². The molecule has 0 saturated carbocycles. The molecule has 1 atom stereocenters. The highest BCUT2D eigenvalue weighted by Gasteiger charge is 2.15. The van der Waals surface area contributed by atoms with Crippen molar-refractivity contribution in [3.8, 4) is 5.75 Å². The average molecular weight is 194 g/mol. The molecular formula is C11H14O3. The van der Waals surface area contributed by atoms with E-state index < -0.39 is 5.97 Å². The van der Waals surface area contributed by atoms with Crippen molar-refractivity contribution in [2.45, 2.75) is 19.8 Å². The number of aromatic hydroxyl groups is 1. The maximum atomic E-state index is 10.8. The topological polar surface area (TPSA) is 57.5 Å². The molecule has 14 heavy (non-hydrogen) atoms. The van der Waals surface area contributed by atoms with E-state index in [9.17, 15) is 4.79 Å². The summed E-state index contributed by atoms with van der Waals surface area (Å²) in [4.78, 5) is 10.8. The van der Waals surface area contributed by atoms with Gasteiger partial charge in [-0.05, 0) is 30.5 Å². The molecule has 0 amide bonds. The normalized spacial score (nSPS) is 12.4. The number of aliphatic carboxylic acids is 1. The van der Waals surface area contributed by atoms with Crippen LogP contribution < -0.4 is 0 Å². The Balaban J connectivity index is 2.67. The average Bonchev–Trinajstić information content (AvgIpc) is 2.16. The van der Waals surface area contributed by atoms with Gasteiger partial charge in [-0.25, -0.2) is 0 Å². The lowest BCUT2D eigenvalue weighted by molar-refractivity contribution is -0.141. The molecule has 1 aromatic carbocycles. The smallest absolute Gasteiger partial charge is 0.306 e. The SMILES string of the molecule is CC[C@@H](Cc1ccc(O)cc1)C(=O)O. The number of rotatable bonds is 4. The second-order valence-electron chi connectivity index (χ2n) is 3.31. The van der Waals surface area contributed by atoms with Crippen LogP contribution in [-0.4, -0.2) is 16.2 Å². The molecule has 0 heterocycles. The molecule has 0 unspecified atom stereocenters. The summed E-state index contributed by atoms with van der Waals surface area (Å²) in [5, 5.41) is 17.9. The molecule has 0 fully saturated rings. The number of hydrogen-bond acceptors (Lipinski definition) is 2. The molecule has 0 aliphatic rings. The Morgan fingerprint density at radius 1 is 1.36 bits per heavy atom. The zero-order valence-corrected chi connectivity index (χ0v) is 8.10. The predicted molar refractivity (Wildman–Crippen MR) is 53.2 cm³/mol. The second-order valence-corrected chi connectivity index (χ2v) is 3.31. The highest BCUT2D eigenvalue weighted by Crippen LogP contribution is 2.15. The highest BCUT2D eigenvalue weighted by molar-refractivity contribution is 5.70. The molecule has 1 rings (SSSR count). The number of carboxylic acid groups (broad SMARTS) is 1. The van der Waals surface area contributed by atoms with Crippen molar-refractivity contribution in [3.05, 3.63) is 29.8 Å². The van der Waals surface area contributed by atoms with Crippen molar-refractivity contribution in [2.24, 2.45) is 5.92 Å². The van der Waals surface area contributed by atoms with Crippen LogP contribution in [0.4, 0.5) is 0 Å². The molecule has 0 aliphatic carbocycles. The van der Waals surface area contributed by atoms with E-state index in [1.165, 1.54) is 0 Å². The zero-order valence-electron chi connectivity index (χ0n) is 8.10. The molecular weight excluding hydrogens is 180 g/mol. The maximum Gasteiger partial charge on any atom is 0.306 e. The lowest BCUT2D eigenvalue weighted by Gasteiger charge is -2.09. The Kier molecular flexibility index (Phi) is 3.51. The summed E-state index contributed by atoms with van der Waals surface area (Å²) >= 11 is 0. The third kappa shape index (κ3) is 2.76. The summed E-state index contributed by atoms with van der Waals surface area (Å²) in [6, 6.07) is 6.65. The number of carboxylic acids is 1. The first-order valence-corrected chi connectivity index (χ1v) is 4.64. The number of carbonyl (C=O) groups is 1. The van der Waals surface area contributed by atoms with Gasteiger partial charge in [0.15, 0.2) is 0 Å². The lowest BCUT2D eigenvalue weighted by atomic mass is 9.97. The van der Waals surface area contributed by atoms with Gasteiger partial charge in [0.2, 0.25) is 0 Å². The van der Waals surface area contributed by atoms with Gasteiger partial charge >= 0.3 is 5.97 Å². The van der Waals surface area contributed by atoms with Gasteiger partial charge in [0.05, 0.1) is 5.92 Å². The van der Waals surface area contributed by atoms with Crippen molar-refractivity contribution in [3.63, 3.8) is 0 Å². The Bertz CT molecular complexity index is 303. The van der Waals surface area contributed by atoms with E-state index in [1.807, 2.05) is 6.92 Å². The van der Waals surface area contributed by atoms with Crippen molar-refractivity contribution >= 4 is 5.97 Å². The summed E-state index contributed by atoms with van der Waals surface area (Å²) in [6.45, 7) is 1.86. The molecule has 0 aliphatic heterocycles. The number of phenolic OH excluding ortho intramolecular Hbond substituents is 1. The van der Waals surface area contributed by atoms with Crippen LogP contribution in [0.15, 0.2) is 24.3 Å². The third-order valence-electron chi connectivity index (χ3n) is 2.26. The Labute approximate surface area is 83.0 Å². The van der Waals surface area contributed by atoms with Crippen LogP contribution in [0.25, 0.3) is 0 Å². The molecule has 3 heteroatoms. The van der Waals surface area contributed by atoms with Crippen molar-refractivity contribution in [1.29, 1.82) is 0 Å². The van der Waals surface area contributed by atoms with E-state index in [0.29, 0.717) is 12.8 Å². The Hall–Kier alpha value is -1.51. The van der Waals surface area contributed by atoms with Crippen molar-refractivity contribution in [2.75, 3.05) is 0 Å². The molecule has 1 aromatic rings. The van der Waals surface area contributed by atoms with E-state index in [4.69, 9.17) is 10.2 Å². The molecule has 0 spiro atoms. The monoisotopic (exact) mass is 194 g/mol. The van der Waals surface area contributed by atoms with Gasteiger partial charge in [-0.1, -0.05) is 19.1 Å². The minimum Gasteiger partial charge on any atom is -0.508 e. The van der Waals surface area contributed by atoms with Crippen molar-refractivity contribution in [1.82, 2.24) is 0 Å². The van der Waals surface area contributed by atoms with Crippen LogP contribution in [0.3, 0.4) is 0 Å². The van der Waals surface area contributed by atoms with Crippen LogP contribution in [0, 0.1) is 5.92 Å². The first-order valence-electron chi connectivity index (χ1n) is 4.64. The summed E-state index contributed by atoms with van der Waals surface area (Å²) in [6.07, 6.45) is 1.14. The molecule has 0 aromatic heterocycles. The summed E-state index contributed by atoms with van der Waals surface area (Å²) < 4.78 is 0. The van der Waals surface area contributed by atoms with Gasteiger partial charge in [-0.2, -0.15) is 0 Å². The lowest BCUT2D eigenvalue weighted by Crippen LogP contribution is -2.15. The van der Waals surface area contributed by atoms with Crippen LogP contribution in [0.1, 0.15) is 18.9 Å². The summed E-state index contributed by atoms with van der Waals surface area (Å²) in [5.74, 6) is -0.891. The summed E-state index contributed by atoms with van der Waals surface area (Å²) in [5.41, 5.74) is 0.942. The van der Waals surface area contributed by atoms with Gasteiger partial charge in [0.1, 0.15) is 5.75 Å². The van der Waals surface area contributed by atoms with Crippen LogP contribution >= 0.6 is 0 Å². The Morgan fingerprint density at radius 3 is 2.36 bits per heavy atom. The Morgan fingerprint density at radius 2 is 1.93 bits per heavy atom. The number of hydrogen-bond donors (Lipinski definition) is 2. The fourth-order valence-electron chi connectivity index (χ4n) is 1.32. The number of benzene rings is 1. The zero-order chi connectivity index (χ0) is 10.6. The third-order valence-corrected chi connectivity index (χ3v) is 2.26. The minimum atomic E-state index is -0.763. The molecule has 2 N–H and O–H groups in total. The predicted octanol–water partition coefficient (Wildman–Crippen LogP) is 2.05. The van der Waals surface area contributed by atoms with Gasteiger partial charge in [-0.3, -0.25) is 4.79 Å². The molecule has 0 saturated heterocycles. The van der Waals surface area contributed by atoms with Gasteiger partial charge in [-0.15, -0.1) is 0 Å². The maximum absolute atomic E-state index is 10.8. The number of phenols is 1. The molecule has 3 nitrogen and oxygen atoms in total. The van der Waals surface area contributed by atoms with Crippen LogP contribution in [0.2, 0.25) is 0 Å². The van der Waals surface area contributed by atoms with Crippen LogP contribution in [0.5, 0.6) is 5.75 Å². The van der Waals surface area contributed by atoms with E-state index in [1.54, 1.807) is 24.3 Å². The molecule has 0 bridgehead atoms. The van der Waals surface area contributed by atoms with Gasteiger partial charge in [0, 0.05) is 0 Å². The first kappa shape index (κ1) is 10.6. The first-order chi connectivity index (χ1) is 6.63. The highest BCUT2D eigenvalue weighted by atomic mass is 16.4. The van der Waals surface area contributed by atoms with E-state index >= 15 is 0 Å². The fourth-order valence-corrected chi connectivity index (χ4v) is 1.32. The van der Waals surface area contributed by atoms with Gasteiger partial charge in [0.25, 0.3) is 0 Å². The fraction of sp³-hybridized carbons (Fsp3) is 0.364. The molecule has 0 radical (unpaired) electrons. The standard InChI is InChI=1S/C11H14O3/c1-2-9(11(13)14)7-8-3-5-10(12)6-4-8/h3-6,9,12H,2,7H2,1H3,(H,13,14)/t9-/m0/s1. The quantitative estimate of drug-likeness (QED) is 0.771. The minimum absolute atomic E-state index is 0.206. The summed E-state index contributed by atoms with van der Waals surface area (Å²) in [7, 11) is 0. The van der Waals surface area contributed by atoms with Crippen molar-refractivity contribution < 1.29 is 15.0 Å². The van der Waals surface area contributed by atoms with Gasteiger partial charge < -0.3 is 10.2 Å². The molecule has 76 valence electrons. The van der Waals surface area contributed by atoms with E-state index in [2.05, 4.69) is 0 Å².